The molecule has 0 aliphatic carbocycles. The number of Topliss-reactive ketones (excluding diaryl/α,β-unsaturated/α-hetero) is 1. The Bertz CT molecular complexity index is 1130. The lowest BCUT2D eigenvalue weighted by Gasteiger charge is -2.11. The third-order valence-corrected chi connectivity index (χ3v) is 6.37. The van der Waals surface area contributed by atoms with Crippen LogP contribution in [-0.2, 0) is 17.1 Å². The van der Waals surface area contributed by atoms with Crippen LogP contribution in [-0.4, -0.2) is 58.9 Å². The third-order valence-electron chi connectivity index (χ3n) is 4.56. The normalized spacial score (nSPS) is 12.1. The minimum Gasteiger partial charge on any atom is -0.387 e. The molecule has 27 heavy (non-hydrogen) atoms. The summed E-state index contributed by atoms with van der Waals surface area (Å²) in [7, 11) is 1.19. The largest absolute Gasteiger partial charge is 0.387 e. The topological polar surface area (TPSA) is 99.3 Å². The molecular formula is C17H21N5O4S. The molecule has 0 saturated heterocycles. The molecule has 0 unspecified atom stereocenters. The van der Waals surface area contributed by atoms with Gasteiger partial charge in [0.1, 0.15) is 11.0 Å². The summed E-state index contributed by atoms with van der Waals surface area (Å²) < 4.78 is 27.7. The highest BCUT2D eigenvalue weighted by atomic mass is 32.2. The highest BCUT2D eigenvalue weighted by molar-refractivity contribution is 7.89. The van der Waals surface area contributed by atoms with Gasteiger partial charge in [-0.15, -0.1) is 5.10 Å². The van der Waals surface area contributed by atoms with Gasteiger partial charge in [0.25, 0.3) is 0 Å². The lowest BCUT2D eigenvalue weighted by molar-refractivity contribution is 0.0629. The molecule has 0 saturated carbocycles. The highest BCUT2D eigenvalue weighted by Gasteiger charge is 2.20. The molecule has 0 radical (unpaired) electrons. The van der Waals surface area contributed by atoms with Gasteiger partial charge in [0.2, 0.25) is 15.8 Å². The Morgan fingerprint density at radius 3 is 2.52 bits per heavy atom. The fourth-order valence-corrected chi connectivity index (χ4v) is 3.60. The number of fused-ring (bicyclic) bond motifs is 1. The molecule has 10 heteroatoms. The average Bonchev–Trinajstić information content (AvgIpc) is 3.15. The second-order valence-corrected chi connectivity index (χ2v) is 8.59. The molecule has 0 aliphatic rings. The van der Waals surface area contributed by atoms with Crippen molar-refractivity contribution in [1.82, 2.24) is 24.0 Å². The lowest BCUT2D eigenvalue weighted by atomic mass is 10.2. The van der Waals surface area contributed by atoms with Crippen LogP contribution in [0.5, 0.6) is 0 Å². The monoisotopic (exact) mass is 391 g/mol. The van der Waals surface area contributed by atoms with Crippen molar-refractivity contribution in [3.05, 3.63) is 41.2 Å². The molecule has 0 bridgehead atoms. The van der Waals surface area contributed by atoms with Crippen molar-refractivity contribution in [3.8, 4) is 0 Å². The minimum atomic E-state index is -3.61. The minimum absolute atomic E-state index is 0.0907. The number of aryl methyl sites for hydroxylation is 1. The summed E-state index contributed by atoms with van der Waals surface area (Å²) in [5.41, 5.74) is 3.23. The molecule has 144 valence electrons. The van der Waals surface area contributed by atoms with Gasteiger partial charge in [-0.3, -0.25) is 4.79 Å². The SMILES string of the molecule is Cc1cc(C(=O)COn2nnc3ccc(S(=O)(=O)N(C)C)cc32)c(C)n1C. The average molecular weight is 391 g/mol. The van der Waals surface area contributed by atoms with Gasteiger partial charge in [-0.05, 0) is 43.3 Å². The maximum atomic E-state index is 12.5. The van der Waals surface area contributed by atoms with Crippen LogP contribution in [0.3, 0.4) is 0 Å². The van der Waals surface area contributed by atoms with Crippen molar-refractivity contribution in [3.63, 3.8) is 0 Å². The van der Waals surface area contributed by atoms with Crippen LogP contribution >= 0.6 is 0 Å². The Morgan fingerprint density at radius 2 is 1.93 bits per heavy atom. The summed E-state index contributed by atoms with van der Waals surface area (Å²) in [5.74, 6) is -0.197. The van der Waals surface area contributed by atoms with Crippen LogP contribution in [0.25, 0.3) is 11.0 Å². The van der Waals surface area contributed by atoms with Crippen molar-refractivity contribution in [2.75, 3.05) is 20.7 Å². The zero-order valence-corrected chi connectivity index (χ0v) is 16.6. The van der Waals surface area contributed by atoms with Crippen molar-refractivity contribution in [2.24, 2.45) is 7.05 Å². The van der Waals surface area contributed by atoms with Crippen LogP contribution in [0.4, 0.5) is 0 Å². The van der Waals surface area contributed by atoms with E-state index in [1.54, 1.807) is 6.07 Å². The van der Waals surface area contributed by atoms with Crippen LogP contribution < -0.4 is 4.84 Å². The zero-order valence-electron chi connectivity index (χ0n) is 15.8. The standard InChI is InChI=1S/C17H21N5O4S/c1-11-8-14(12(2)21(11)5)17(23)10-26-22-16-9-13(27(24,25)20(3)4)6-7-15(16)18-19-22/h6-9H,10H2,1-5H3. The summed E-state index contributed by atoms with van der Waals surface area (Å²) in [6, 6.07) is 6.23. The number of nitrogens with zero attached hydrogens (tertiary/aromatic N) is 5. The van der Waals surface area contributed by atoms with E-state index in [1.165, 1.54) is 26.2 Å². The Kier molecular flexibility index (Phi) is 4.79. The zero-order chi connectivity index (χ0) is 19.9. The lowest BCUT2D eigenvalue weighted by Crippen LogP contribution is -2.23. The highest BCUT2D eigenvalue weighted by Crippen LogP contribution is 2.19. The van der Waals surface area contributed by atoms with Crippen molar-refractivity contribution in [2.45, 2.75) is 18.7 Å². The van der Waals surface area contributed by atoms with E-state index in [1.807, 2.05) is 31.5 Å². The summed E-state index contributed by atoms with van der Waals surface area (Å²) in [6.45, 7) is 3.54. The van der Waals surface area contributed by atoms with Gasteiger partial charge in [0, 0.05) is 38.1 Å². The molecule has 0 spiro atoms. The smallest absolute Gasteiger partial charge is 0.242 e. The number of aromatic nitrogens is 4. The molecule has 0 N–H and O–H groups in total. The second-order valence-electron chi connectivity index (χ2n) is 6.44. The molecule has 9 nitrogen and oxygen atoms in total. The van der Waals surface area contributed by atoms with Crippen LogP contribution in [0.15, 0.2) is 29.2 Å². The van der Waals surface area contributed by atoms with Gasteiger partial charge in [-0.1, -0.05) is 4.85 Å². The number of hydrogen-bond donors (Lipinski definition) is 0. The van der Waals surface area contributed by atoms with E-state index in [-0.39, 0.29) is 17.3 Å². The Labute approximate surface area is 157 Å². The van der Waals surface area contributed by atoms with E-state index >= 15 is 0 Å². The number of ketones is 1. The first-order chi connectivity index (χ1) is 12.6. The van der Waals surface area contributed by atoms with Gasteiger partial charge in [0.05, 0.1) is 4.90 Å². The molecule has 3 aromatic rings. The van der Waals surface area contributed by atoms with Crippen molar-refractivity contribution < 1.29 is 18.0 Å². The predicted molar refractivity (Wildman–Crippen MR) is 99.1 cm³/mol. The first-order valence-electron chi connectivity index (χ1n) is 8.20. The molecule has 1 aromatic carbocycles. The molecular weight excluding hydrogens is 370 g/mol. The maximum absolute atomic E-state index is 12.5. The molecule has 3 rings (SSSR count). The number of rotatable bonds is 6. The van der Waals surface area contributed by atoms with E-state index < -0.39 is 10.0 Å². The third kappa shape index (κ3) is 3.33. The van der Waals surface area contributed by atoms with E-state index in [0.717, 1.165) is 20.5 Å². The molecule has 0 atom stereocenters. The fraction of sp³-hybridized carbons (Fsp3) is 0.353. The van der Waals surface area contributed by atoms with Gasteiger partial charge in [-0.25, -0.2) is 12.7 Å². The maximum Gasteiger partial charge on any atom is 0.242 e. The van der Waals surface area contributed by atoms with E-state index in [2.05, 4.69) is 10.3 Å². The number of carbonyl (C=O) groups excluding carboxylic acids is 1. The molecule has 0 fully saturated rings. The fourth-order valence-electron chi connectivity index (χ4n) is 2.68. The Morgan fingerprint density at radius 1 is 1.22 bits per heavy atom. The van der Waals surface area contributed by atoms with E-state index in [4.69, 9.17) is 4.84 Å². The van der Waals surface area contributed by atoms with Crippen molar-refractivity contribution >= 4 is 26.8 Å². The molecule has 0 aliphatic heterocycles. The Hall–Kier alpha value is -2.72. The Balaban J connectivity index is 1.87. The summed E-state index contributed by atoms with van der Waals surface area (Å²) in [6.07, 6.45) is 0. The number of carbonyl (C=O) groups is 1. The van der Waals surface area contributed by atoms with Crippen LogP contribution in [0.1, 0.15) is 21.7 Å². The van der Waals surface area contributed by atoms with E-state index in [9.17, 15) is 13.2 Å². The number of benzene rings is 1. The molecule has 0 amide bonds. The van der Waals surface area contributed by atoms with Crippen molar-refractivity contribution in [1.29, 1.82) is 0 Å². The van der Waals surface area contributed by atoms with Gasteiger partial charge in [0.15, 0.2) is 6.61 Å². The second kappa shape index (κ2) is 6.78. The summed E-state index contributed by atoms with van der Waals surface area (Å²) in [4.78, 5) is 19.1. The number of sulfonamides is 1. The summed E-state index contributed by atoms with van der Waals surface area (Å²) in [5, 5.41) is 7.79. The van der Waals surface area contributed by atoms with Crippen LogP contribution in [0, 0.1) is 13.8 Å². The van der Waals surface area contributed by atoms with E-state index in [0.29, 0.717) is 16.6 Å². The summed E-state index contributed by atoms with van der Waals surface area (Å²) >= 11 is 0. The van der Waals surface area contributed by atoms with Gasteiger partial charge >= 0.3 is 0 Å². The quantitative estimate of drug-likeness (QED) is 0.580. The van der Waals surface area contributed by atoms with Crippen LogP contribution in [0.2, 0.25) is 0 Å². The number of hydrogen-bond acceptors (Lipinski definition) is 6. The van der Waals surface area contributed by atoms with Gasteiger partial charge in [-0.2, -0.15) is 0 Å². The van der Waals surface area contributed by atoms with Gasteiger partial charge < -0.3 is 9.40 Å². The molecule has 2 heterocycles. The molecule has 2 aromatic heterocycles. The predicted octanol–water partition coefficient (Wildman–Crippen LogP) is 0.948. The first kappa shape index (κ1) is 19.1. The first-order valence-corrected chi connectivity index (χ1v) is 9.64.